The molecule has 0 aromatic carbocycles. The van der Waals surface area contributed by atoms with E-state index in [4.69, 9.17) is 0 Å². The Morgan fingerprint density at radius 3 is 2.54 bits per heavy atom. The van der Waals surface area contributed by atoms with Gasteiger partial charge in [-0.1, -0.05) is 19.4 Å². The van der Waals surface area contributed by atoms with Gasteiger partial charge < -0.3 is 10.2 Å². The Hall–Kier alpha value is -1.58. The van der Waals surface area contributed by atoms with Crippen LogP contribution in [0.1, 0.15) is 59.8 Å². The molecule has 3 fully saturated rings. The maximum atomic E-state index is 12.4. The Morgan fingerprint density at radius 2 is 1.88 bits per heavy atom. The van der Waals surface area contributed by atoms with Crippen LogP contribution in [0.3, 0.4) is 0 Å². The lowest BCUT2D eigenvalue weighted by atomic mass is 9.47. The fraction of sp³-hybridized carbons (Fsp3) is 0.727. The van der Waals surface area contributed by atoms with Gasteiger partial charge >= 0.3 is 0 Å². The normalized spacial score (nSPS) is 47.8. The van der Waals surface area contributed by atoms with Gasteiger partial charge in [-0.05, 0) is 81.1 Å². The van der Waals surface area contributed by atoms with Gasteiger partial charge in [0.05, 0.1) is 5.41 Å². The molecule has 4 aliphatic carbocycles. The van der Waals surface area contributed by atoms with E-state index in [1.54, 1.807) is 13.0 Å². The third kappa shape index (κ3) is 2.02. The molecular weight excluding hydrogens is 328 g/mol. The monoisotopic (exact) mass is 358 g/mol. The standard InChI is InChI=1S/C22H30O4/c1-11-9-16-14-6-5-13-10-17(24)19(25)20(26)22(13,4)15(14)7-8-21(16,3)18(11)12(2)23/h10-11,14-16,18,25-26H,5-9H2,1-4H3/t11-,14-,15+,16+,18-,21+,22+/m1/s1. The van der Waals surface area contributed by atoms with Crippen LogP contribution in [0.2, 0.25) is 0 Å². The van der Waals surface area contributed by atoms with Crippen LogP contribution >= 0.6 is 0 Å². The van der Waals surface area contributed by atoms with Crippen molar-refractivity contribution in [2.45, 2.75) is 59.8 Å². The van der Waals surface area contributed by atoms with Crippen LogP contribution in [-0.2, 0) is 9.59 Å². The summed E-state index contributed by atoms with van der Waals surface area (Å²) in [4.78, 5) is 24.3. The smallest absolute Gasteiger partial charge is 0.223 e. The second kappa shape index (κ2) is 5.46. The molecule has 0 amide bonds. The summed E-state index contributed by atoms with van der Waals surface area (Å²) in [6, 6.07) is 0. The summed E-state index contributed by atoms with van der Waals surface area (Å²) in [5.74, 6) is 0.863. The summed E-state index contributed by atoms with van der Waals surface area (Å²) in [7, 11) is 0. The van der Waals surface area contributed by atoms with Crippen LogP contribution in [0.4, 0.5) is 0 Å². The molecule has 4 aliphatic rings. The van der Waals surface area contributed by atoms with Crippen molar-refractivity contribution >= 4 is 11.6 Å². The van der Waals surface area contributed by atoms with Crippen LogP contribution in [0.5, 0.6) is 0 Å². The minimum absolute atomic E-state index is 0.0376. The minimum atomic E-state index is -0.639. The van der Waals surface area contributed by atoms with E-state index in [9.17, 15) is 19.8 Å². The Kier molecular flexibility index (Phi) is 3.74. The zero-order valence-corrected chi connectivity index (χ0v) is 16.2. The van der Waals surface area contributed by atoms with Crippen molar-refractivity contribution in [2.24, 2.45) is 40.4 Å². The van der Waals surface area contributed by atoms with Gasteiger partial charge in [-0.3, -0.25) is 9.59 Å². The van der Waals surface area contributed by atoms with Gasteiger partial charge in [-0.2, -0.15) is 0 Å². The van der Waals surface area contributed by atoms with Crippen molar-refractivity contribution in [3.8, 4) is 0 Å². The summed E-state index contributed by atoms with van der Waals surface area (Å²) in [6.07, 6.45) is 6.30. The number of hydrogen-bond acceptors (Lipinski definition) is 4. The van der Waals surface area contributed by atoms with E-state index in [1.165, 1.54) is 0 Å². The number of aliphatic hydroxyl groups excluding tert-OH is 2. The average Bonchev–Trinajstić information content (AvgIpc) is 2.85. The number of allylic oxidation sites excluding steroid dienone is 2. The molecule has 0 aromatic heterocycles. The first-order valence-corrected chi connectivity index (χ1v) is 10.0. The van der Waals surface area contributed by atoms with E-state index >= 15 is 0 Å². The number of ketones is 2. The highest BCUT2D eigenvalue weighted by Gasteiger charge is 2.62. The second-order valence-corrected chi connectivity index (χ2v) is 9.69. The zero-order valence-electron chi connectivity index (χ0n) is 16.2. The Balaban J connectivity index is 1.75. The van der Waals surface area contributed by atoms with Crippen molar-refractivity contribution < 1.29 is 19.8 Å². The number of fused-ring (bicyclic) bond motifs is 5. The van der Waals surface area contributed by atoms with Crippen molar-refractivity contribution in [3.63, 3.8) is 0 Å². The number of carbonyl (C=O) groups excluding carboxylic acids is 2. The Morgan fingerprint density at radius 1 is 1.19 bits per heavy atom. The van der Waals surface area contributed by atoms with Crippen molar-refractivity contribution in [1.82, 2.24) is 0 Å². The third-order valence-corrected chi connectivity index (χ3v) is 8.63. The van der Waals surface area contributed by atoms with Gasteiger partial charge in [0.15, 0.2) is 0 Å². The molecule has 0 spiro atoms. The van der Waals surface area contributed by atoms with Crippen LogP contribution in [0.25, 0.3) is 0 Å². The van der Waals surface area contributed by atoms with Crippen molar-refractivity contribution in [3.05, 3.63) is 23.2 Å². The summed E-state index contributed by atoms with van der Waals surface area (Å²) in [5, 5.41) is 20.9. The van der Waals surface area contributed by atoms with Gasteiger partial charge in [0.2, 0.25) is 11.5 Å². The van der Waals surface area contributed by atoms with Gasteiger partial charge in [0, 0.05) is 5.92 Å². The molecule has 142 valence electrons. The first kappa shape index (κ1) is 17.8. The highest BCUT2D eigenvalue weighted by Crippen LogP contribution is 2.68. The van der Waals surface area contributed by atoms with E-state index in [0.29, 0.717) is 23.5 Å². The SMILES string of the molecule is CC(=O)[C@H]1[C@H](C)C[C@H]2[C@@H]3CCC4=CC(=O)C(O)=C(O)[C@]4(C)[C@H]3CC[C@@]21C. The predicted molar refractivity (Wildman–Crippen MR) is 98.5 cm³/mol. The van der Waals surface area contributed by atoms with Crippen LogP contribution in [0.15, 0.2) is 23.2 Å². The summed E-state index contributed by atoms with van der Waals surface area (Å²) in [6.45, 7) is 8.25. The Bertz CT molecular complexity index is 747. The molecule has 26 heavy (non-hydrogen) atoms. The van der Waals surface area contributed by atoms with E-state index in [2.05, 4.69) is 13.8 Å². The highest BCUT2D eigenvalue weighted by atomic mass is 16.3. The largest absolute Gasteiger partial charge is 0.507 e. The third-order valence-electron chi connectivity index (χ3n) is 8.63. The number of aliphatic hydroxyl groups is 2. The lowest BCUT2D eigenvalue weighted by Crippen LogP contribution is -2.52. The minimum Gasteiger partial charge on any atom is -0.507 e. The maximum absolute atomic E-state index is 12.4. The molecule has 7 atom stereocenters. The van der Waals surface area contributed by atoms with Crippen LogP contribution in [0, 0.1) is 40.4 Å². The van der Waals surface area contributed by atoms with Crippen LogP contribution < -0.4 is 0 Å². The fourth-order valence-corrected chi connectivity index (χ4v) is 7.60. The van der Waals surface area contributed by atoms with Gasteiger partial charge in [-0.25, -0.2) is 0 Å². The molecular formula is C22H30O4. The number of rotatable bonds is 1. The first-order chi connectivity index (χ1) is 12.1. The van der Waals surface area contributed by atoms with E-state index in [-0.39, 0.29) is 23.0 Å². The van der Waals surface area contributed by atoms with Gasteiger partial charge in [0.25, 0.3) is 0 Å². The predicted octanol–water partition coefficient (Wildman–Crippen LogP) is 4.52. The molecule has 0 aliphatic heterocycles. The molecule has 0 heterocycles. The molecule has 0 saturated heterocycles. The molecule has 2 N–H and O–H groups in total. The molecule has 3 saturated carbocycles. The van der Waals surface area contributed by atoms with Crippen LogP contribution in [-0.4, -0.2) is 21.8 Å². The molecule has 4 heteroatoms. The lowest BCUT2D eigenvalue weighted by Gasteiger charge is -2.57. The van der Waals surface area contributed by atoms with E-state index in [0.717, 1.165) is 37.7 Å². The van der Waals surface area contributed by atoms with Gasteiger partial charge in [-0.15, -0.1) is 0 Å². The number of carbonyl (C=O) groups is 2. The van der Waals surface area contributed by atoms with Gasteiger partial charge in [0.1, 0.15) is 11.5 Å². The van der Waals surface area contributed by atoms with Crippen molar-refractivity contribution in [1.29, 1.82) is 0 Å². The number of Topliss-reactive ketones (excluding diaryl/α,β-unsaturated/α-hetero) is 1. The summed E-state index contributed by atoms with van der Waals surface area (Å²) >= 11 is 0. The summed E-state index contributed by atoms with van der Waals surface area (Å²) in [5.41, 5.74) is 0.368. The average molecular weight is 358 g/mol. The van der Waals surface area contributed by atoms with E-state index in [1.807, 2.05) is 6.92 Å². The zero-order chi connectivity index (χ0) is 19.0. The second-order valence-electron chi connectivity index (χ2n) is 9.69. The molecule has 0 bridgehead atoms. The molecule has 4 rings (SSSR count). The molecule has 0 aromatic rings. The highest BCUT2D eigenvalue weighted by molar-refractivity contribution is 6.04. The lowest BCUT2D eigenvalue weighted by molar-refractivity contribution is -0.129. The molecule has 0 unspecified atom stereocenters. The number of hydrogen-bond donors (Lipinski definition) is 2. The quantitative estimate of drug-likeness (QED) is 0.723. The molecule has 0 radical (unpaired) electrons. The molecule has 4 nitrogen and oxygen atoms in total. The maximum Gasteiger partial charge on any atom is 0.223 e. The van der Waals surface area contributed by atoms with E-state index < -0.39 is 17.0 Å². The van der Waals surface area contributed by atoms with Crippen molar-refractivity contribution in [2.75, 3.05) is 0 Å². The topological polar surface area (TPSA) is 74.6 Å². The first-order valence-electron chi connectivity index (χ1n) is 10.0. The summed E-state index contributed by atoms with van der Waals surface area (Å²) < 4.78 is 0. The fourth-order valence-electron chi connectivity index (χ4n) is 7.60. The Labute approximate surface area is 155 Å².